The zero-order valence-corrected chi connectivity index (χ0v) is 26.3. The van der Waals surface area contributed by atoms with Crippen LogP contribution in [0.1, 0.15) is 39.6 Å². The lowest BCUT2D eigenvalue weighted by molar-refractivity contribution is 0.149. The fraction of sp³-hybridized carbons (Fsp3) is 0.278. The Bertz CT molecular complexity index is 1940. The summed E-state index contributed by atoms with van der Waals surface area (Å²) in [5.41, 5.74) is 7.47. The Morgan fingerprint density at radius 2 is 1.60 bits per heavy atom. The van der Waals surface area contributed by atoms with Crippen molar-refractivity contribution in [2.75, 3.05) is 20.8 Å². The second-order valence-corrected chi connectivity index (χ2v) is 13.2. The molecule has 0 saturated carbocycles. The number of hydrogen-bond donors (Lipinski definition) is 0. The van der Waals surface area contributed by atoms with Gasteiger partial charge in [-0.25, -0.2) is 4.18 Å². The largest absolute Gasteiger partial charge is 0.497 e. The summed E-state index contributed by atoms with van der Waals surface area (Å²) >= 11 is 0. The molecule has 2 aliphatic heterocycles. The predicted molar refractivity (Wildman–Crippen MR) is 173 cm³/mol. The number of nitrogens with zero attached hydrogens (tertiary/aromatic N) is 2. The summed E-state index contributed by atoms with van der Waals surface area (Å²) in [5.74, 6) is 2.05. The van der Waals surface area contributed by atoms with Crippen molar-refractivity contribution >= 4 is 21.0 Å². The topological polar surface area (TPSA) is 79.2 Å². The molecule has 0 amide bonds. The number of aromatic nitrogens is 1. The Kier molecular flexibility index (Phi) is 7.99. The van der Waals surface area contributed by atoms with Crippen molar-refractivity contribution in [2.45, 2.75) is 44.5 Å². The van der Waals surface area contributed by atoms with E-state index in [1.165, 1.54) is 16.7 Å². The summed E-state index contributed by atoms with van der Waals surface area (Å²) in [5, 5.41) is 1.05. The highest BCUT2D eigenvalue weighted by Crippen LogP contribution is 2.45. The molecule has 2 aliphatic rings. The van der Waals surface area contributed by atoms with Crippen LogP contribution in [0.15, 0.2) is 91.0 Å². The van der Waals surface area contributed by atoms with Crippen molar-refractivity contribution in [2.24, 2.45) is 0 Å². The molecule has 0 radical (unpaired) electrons. The van der Waals surface area contributed by atoms with Crippen molar-refractivity contribution in [1.82, 2.24) is 9.47 Å². The quantitative estimate of drug-likeness (QED) is 0.167. The van der Waals surface area contributed by atoms with Gasteiger partial charge in [-0.15, -0.1) is 0 Å². The van der Waals surface area contributed by atoms with Gasteiger partial charge in [0.25, 0.3) is 10.1 Å². The molecule has 0 saturated heterocycles. The zero-order valence-electron chi connectivity index (χ0n) is 25.4. The maximum atomic E-state index is 13.0. The van der Waals surface area contributed by atoms with E-state index in [1.54, 1.807) is 26.4 Å². The third kappa shape index (κ3) is 5.91. The minimum absolute atomic E-state index is 0.0862. The average Bonchev–Trinajstić information content (AvgIpc) is 3.37. The van der Waals surface area contributed by atoms with Crippen LogP contribution in [0.5, 0.6) is 17.2 Å². The fourth-order valence-electron chi connectivity index (χ4n) is 6.67. The van der Waals surface area contributed by atoms with Gasteiger partial charge in [0.15, 0.2) is 11.5 Å². The third-order valence-corrected chi connectivity index (χ3v) is 10.1. The summed E-state index contributed by atoms with van der Waals surface area (Å²) in [7, 11) is -0.460. The van der Waals surface area contributed by atoms with E-state index in [1.807, 2.05) is 59.2 Å². The summed E-state index contributed by atoms with van der Waals surface area (Å²) in [6, 6.07) is 29.6. The lowest BCUT2D eigenvalue weighted by Gasteiger charge is -2.41. The highest BCUT2D eigenvalue weighted by atomic mass is 32.2. The van der Waals surface area contributed by atoms with Crippen LogP contribution in [0.25, 0.3) is 10.9 Å². The molecule has 3 heterocycles. The van der Waals surface area contributed by atoms with Gasteiger partial charge in [0.1, 0.15) is 24.8 Å². The van der Waals surface area contributed by atoms with Crippen LogP contribution < -0.4 is 14.2 Å². The Hall–Kier alpha value is -4.31. The van der Waals surface area contributed by atoms with Crippen LogP contribution >= 0.6 is 0 Å². The van der Waals surface area contributed by atoms with Gasteiger partial charge in [-0.1, -0.05) is 60.7 Å². The standard InChI is InChI=1S/C36H36N2O6S/c1-41-28-13-14-32-30(18-28)31-19-33-29-20-36(43-22-25-9-5-3-6-10-25)35(42-2)17-27(29)15-16-37(33)21-34(31)38(32)24-44-45(39,40)23-26-11-7-4-8-12-26/h3-14,17-18,20,33H,15-16,19,21-24H2,1-2H3. The number of benzene rings is 4. The normalized spacial score (nSPS) is 16.1. The molecule has 45 heavy (non-hydrogen) atoms. The highest BCUT2D eigenvalue weighted by Gasteiger charge is 2.36. The number of hydrogen-bond acceptors (Lipinski definition) is 7. The molecule has 7 rings (SSSR count). The van der Waals surface area contributed by atoms with E-state index in [2.05, 4.69) is 29.2 Å². The van der Waals surface area contributed by atoms with Crippen LogP contribution in [-0.4, -0.2) is 38.6 Å². The van der Waals surface area contributed by atoms with Crippen molar-refractivity contribution in [1.29, 1.82) is 0 Å². The maximum absolute atomic E-state index is 13.0. The lowest BCUT2D eigenvalue weighted by atomic mass is 9.85. The first kappa shape index (κ1) is 29.4. The Balaban J connectivity index is 1.22. The second-order valence-electron chi connectivity index (χ2n) is 11.6. The molecular formula is C36H36N2O6S. The van der Waals surface area contributed by atoms with Crippen LogP contribution in [0.3, 0.4) is 0 Å². The van der Waals surface area contributed by atoms with Crippen LogP contribution in [0, 0.1) is 0 Å². The van der Waals surface area contributed by atoms with Crippen molar-refractivity contribution < 1.29 is 26.8 Å². The van der Waals surface area contributed by atoms with Gasteiger partial charge in [0.05, 0.1) is 19.7 Å². The maximum Gasteiger partial charge on any atom is 0.273 e. The Morgan fingerprint density at radius 1 is 0.844 bits per heavy atom. The van der Waals surface area contributed by atoms with Gasteiger partial charge in [0.2, 0.25) is 0 Å². The van der Waals surface area contributed by atoms with Crippen LogP contribution in [-0.2, 0) is 52.8 Å². The van der Waals surface area contributed by atoms with E-state index in [4.69, 9.17) is 18.4 Å². The van der Waals surface area contributed by atoms with E-state index < -0.39 is 10.1 Å². The molecular weight excluding hydrogens is 588 g/mol. The smallest absolute Gasteiger partial charge is 0.273 e. The molecule has 1 aromatic heterocycles. The first-order valence-electron chi connectivity index (χ1n) is 15.1. The molecule has 9 heteroatoms. The van der Waals surface area contributed by atoms with E-state index >= 15 is 0 Å². The van der Waals surface area contributed by atoms with E-state index in [-0.39, 0.29) is 18.5 Å². The minimum atomic E-state index is -3.80. The van der Waals surface area contributed by atoms with E-state index in [9.17, 15) is 8.42 Å². The monoisotopic (exact) mass is 624 g/mol. The van der Waals surface area contributed by atoms with Crippen LogP contribution in [0.4, 0.5) is 0 Å². The summed E-state index contributed by atoms with van der Waals surface area (Å²) in [4.78, 5) is 2.48. The number of rotatable bonds is 10. The molecule has 4 aromatic carbocycles. The molecule has 0 fully saturated rings. The molecule has 0 aliphatic carbocycles. The van der Waals surface area contributed by atoms with Crippen molar-refractivity contribution in [3.8, 4) is 17.2 Å². The van der Waals surface area contributed by atoms with Gasteiger partial charge in [-0.2, -0.15) is 8.42 Å². The molecule has 1 unspecified atom stereocenters. The Labute approximate surface area is 263 Å². The van der Waals surface area contributed by atoms with Crippen LogP contribution in [0.2, 0.25) is 0 Å². The number of ether oxygens (including phenoxy) is 3. The highest BCUT2D eigenvalue weighted by molar-refractivity contribution is 7.85. The van der Waals surface area contributed by atoms with E-state index in [0.717, 1.165) is 58.8 Å². The van der Waals surface area contributed by atoms with Gasteiger partial charge >= 0.3 is 0 Å². The minimum Gasteiger partial charge on any atom is -0.497 e. The van der Waals surface area contributed by atoms with Gasteiger partial charge in [0, 0.05) is 30.2 Å². The SMILES string of the molecule is COc1ccc2c(c1)c1c(n2COS(=O)(=O)Cc2ccccc2)CN2CCc3cc(OC)c(OCc4ccccc4)cc3C2C1. The summed E-state index contributed by atoms with van der Waals surface area (Å²) < 4.78 is 51.3. The first-order valence-corrected chi connectivity index (χ1v) is 16.7. The van der Waals surface area contributed by atoms with Crippen molar-refractivity contribution in [3.05, 3.63) is 125 Å². The molecule has 8 nitrogen and oxygen atoms in total. The molecule has 1 atom stereocenters. The molecule has 0 bridgehead atoms. The number of methoxy groups -OCH3 is 2. The van der Waals surface area contributed by atoms with Gasteiger partial charge in [-0.05, 0) is 71.0 Å². The fourth-order valence-corrected chi connectivity index (χ4v) is 7.62. The van der Waals surface area contributed by atoms with Gasteiger partial charge < -0.3 is 18.8 Å². The lowest BCUT2D eigenvalue weighted by Crippen LogP contribution is -2.40. The zero-order chi connectivity index (χ0) is 31.0. The van der Waals surface area contributed by atoms with Gasteiger partial charge in [-0.3, -0.25) is 4.90 Å². The van der Waals surface area contributed by atoms with E-state index in [0.29, 0.717) is 18.7 Å². The summed E-state index contributed by atoms with van der Waals surface area (Å²) in [6.45, 7) is 1.92. The third-order valence-electron chi connectivity index (χ3n) is 8.92. The second kappa shape index (κ2) is 12.2. The molecule has 232 valence electrons. The predicted octanol–water partition coefficient (Wildman–Crippen LogP) is 6.40. The Morgan fingerprint density at radius 3 is 2.33 bits per heavy atom. The first-order chi connectivity index (χ1) is 21.9. The van der Waals surface area contributed by atoms with Crippen molar-refractivity contribution in [3.63, 3.8) is 0 Å². The summed E-state index contributed by atoms with van der Waals surface area (Å²) in [6.07, 6.45) is 1.65. The molecule has 0 spiro atoms. The number of fused-ring (bicyclic) bond motifs is 6. The average molecular weight is 625 g/mol. The molecule has 5 aromatic rings. The molecule has 0 N–H and O–H groups in total.